The number of hydrogen-bond acceptors (Lipinski definition) is 5. The molecule has 5 nitrogen and oxygen atoms in total. The molecule has 0 saturated carbocycles. The summed E-state index contributed by atoms with van der Waals surface area (Å²) >= 11 is 1.39. The van der Waals surface area contributed by atoms with Crippen LogP contribution in [0.3, 0.4) is 0 Å². The lowest BCUT2D eigenvalue weighted by Gasteiger charge is -2.21. The minimum absolute atomic E-state index is 0.0658. The zero-order valence-corrected chi connectivity index (χ0v) is 17.8. The van der Waals surface area contributed by atoms with Crippen molar-refractivity contribution in [1.29, 1.82) is 0 Å². The Morgan fingerprint density at radius 3 is 2.34 bits per heavy atom. The first-order valence-electron chi connectivity index (χ1n) is 10.00. The van der Waals surface area contributed by atoms with E-state index in [1.54, 1.807) is 12.1 Å². The molecule has 0 saturated heterocycles. The summed E-state index contributed by atoms with van der Waals surface area (Å²) in [5, 5.41) is 3.04. The third-order valence-electron chi connectivity index (χ3n) is 4.76. The molecule has 166 valence electrons. The molecule has 3 aromatic carbocycles. The number of nitrogens with one attached hydrogen (secondary N) is 1. The number of carbonyl (C=O) groups is 1. The predicted octanol–water partition coefficient (Wildman–Crippen LogP) is 5.06. The van der Waals surface area contributed by atoms with E-state index in [1.165, 1.54) is 23.9 Å². The molecule has 1 aliphatic rings. The normalized spacial score (nSPS) is 13.5. The molecule has 1 unspecified atom stereocenters. The molecule has 4 rings (SSSR count). The van der Waals surface area contributed by atoms with E-state index < -0.39 is 12.7 Å². The maximum absolute atomic E-state index is 12.8. The molecule has 0 bridgehead atoms. The van der Waals surface area contributed by atoms with Gasteiger partial charge in [0.05, 0.1) is 11.8 Å². The highest BCUT2D eigenvalue weighted by Crippen LogP contribution is 2.34. The fraction of sp³-hybridized carbons (Fsp3) is 0.208. The molecule has 1 heterocycles. The molecule has 8 heteroatoms. The number of fused-ring (bicyclic) bond motifs is 1. The molecule has 0 aromatic heterocycles. The first kappa shape index (κ1) is 22.0. The second-order valence-corrected chi connectivity index (χ2v) is 8.00. The summed E-state index contributed by atoms with van der Waals surface area (Å²) in [4.78, 5) is 13.7. The minimum Gasteiger partial charge on any atom is -0.486 e. The second-order valence-electron chi connectivity index (χ2n) is 6.95. The van der Waals surface area contributed by atoms with Crippen LogP contribution in [0.4, 0.5) is 8.78 Å². The van der Waals surface area contributed by atoms with Crippen LogP contribution < -0.4 is 19.5 Å². The van der Waals surface area contributed by atoms with Crippen molar-refractivity contribution >= 4 is 17.7 Å². The van der Waals surface area contributed by atoms with Crippen LogP contribution in [0.15, 0.2) is 77.7 Å². The van der Waals surface area contributed by atoms with Crippen molar-refractivity contribution in [2.45, 2.75) is 17.5 Å². The van der Waals surface area contributed by atoms with Crippen LogP contribution in [0.25, 0.3) is 0 Å². The van der Waals surface area contributed by atoms with E-state index in [0.717, 1.165) is 16.0 Å². The van der Waals surface area contributed by atoms with Gasteiger partial charge in [0.15, 0.2) is 11.5 Å². The monoisotopic (exact) mass is 457 g/mol. The SMILES string of the molecule is O=C(CSc1ccc2c(c1)OCCO2)NC(c1ccccc1)c1ccc(OC(F)F)cc1. The third-order valence-corrected chi connectivity index (χ3v) is 5.75. The van der Waals surface area contributed by atoms with Gasteiger partial charge in [0, 0.05) is 4.90 Å². The van der Waals surface area contributed by atoms with Gasteiger partial charge in [-0.15, -0.1) is 11.8 Å². The van der Waals surface area contributed by atoms with Crippen LogP contribution in [0.1, 0.15) is 17.2 Å². The Morgan fingerprint density at radius 1 is 0.938 bits per heavy atom. The largest absolute Gasteiger partial charge is 0.486 e. The Kier molecular flexibility index (Phi) is 7.11. The van der Waals surface area contributed by atoms with E-state index >= 15 is 0 Å². The van der Waals surface area contributed by atoms with Crippen molar-refractivity contribution in [3.8, 4) is 17.2 Å². The smallest absolute Gasteiger partial charge is 0.387 e. The number of rotatable bonds is 8. The van der Waals surface area contributed by atoms with Crippen LogP contribution in [-0.4, -0.2) is 31.5 Å². The van der Waals surface area contributed by atoms with Crippen molar-refractivity contribution in [3.05, 3.63) is 83.9 Å². The Balaban J connectivity index is 1.44. The summed E-state index contributed by atoms with van der Waals surface area (Å²) < 4.78 is 40.4. The Hall–Kier alpha value is -3.26. The summed E-state index contributed by atoms with van der Waals surface area (Å²) in [6.45, 7) is -1.86. The van der Waals surface area contributed by atoms with Crippen molar-refractivity contribution < 1.29 is 27.8 Å². The van der Waals surface area contributed by atoms with Crippen LogP contribution in [0, 0.1) is 0 Å². The molecule has 1 N–H and O–H groups in total. The summed E-state index contributed by atoms with van der Waals surface area (Å²) in [7, 11) is 0. The quantitative estimate of drug-likeness (QED) is 0.480. The second kappa shape index (κ2) is 10.4. The molecule has 0 aliphatic carbocycles. The zero-order valence-electron chi connectivity index (χ0n) is 17.0. The van der Waals surface area contributed by atoms with Gasteiger partial charge in [0.25, 0.3) is 0 Å². The molecule has 0 fully saturated rings. The first-order chi connectivity index (χ1) is 15.6. The minimum atomic E-state index is -2.89. The number of benzene rings is 3. The lowest BCUT2D eigenvalue weighted by atomic mass is 9.98. The topological polar surface area (TPSA) is 56.8 Å². The van der Waals surface area contributed by atoms with Gasteiger partial charge in [-0.25, -0.2) is 0 Å². The molecular weight excluding hydrogens is 436 g/mol. The number of thioether (sulfide) groups is 1. The number of carbonyl (C=O) groups excluding carboxylic acids is 1. The highest BCUT2D eigenvalue weighted by atomic mass is 32.2. The highest BCUT2D eigenvalue weighted by molar-refractivity contribution is 8.00. The summed E-state index contributed by atoms with van der Waals surface area (Å²) in [5.74, 6) is 1.49. The molecule has 3 aromatic rings. The maximum atomic E-state index is 12.8. The van der Waals surface area contributed by atoms with Crippen molar-refractivity contribution in [3.63, 3.8) is 0 Å². The van der Waals surface area contributed by atoms with Gasteiger partial charge in [0.1, 0.15) is 19.0 Å². The standard InChI is InChI=1S/C24H21F2NO4S/c25-24(26)31-18-8-6-17(7-9-18)23(16-4-2-1-3-5-16)27-22(28)15-32-19-10-11-20-21(14-19)30-13-12-29-20/h1-11,14,23-24H,12-13,15H2,(H,27,28). The fourth-order valence-corrected chi connectivity index (χ4v) is 4.05. The van der Waals surface area contributed by atoms with Crippen LogP contribution in [0.2, 0.25) is 0 Å². The fourth-order valence-electron chi connectivity index (χ4n) is 3.31. The van der Waals surface area contributed by atoms with Crippen LogP contribution in [0.5, 0.6) is 17.2 Å². The average molecular weight is 457 g/mol. The third kappa shape index (κ3) is 5.70. The molecule has 1 aliphatic heterocycles. The maximum Gasteiger partial charge on any atom is 0.387 e. The van der Waals surface area contributed by atoms with Crippen LogP contribution >= 0.6 is 11.8 Å². The molecule has 0 spiro atoms. The number of ether oxygens (including phenoxy) is 3. The molecule has 1 amide bonds. The molecule has 1 atom stereocenters. The summed E-state index contributed by atoms with van der Waals surface area (Å²) in [5.41, 5.74) is 1.64. The van der Waals surface area contributed by atoms with Gasteiger partial charge in [-0.3, -0.25) is 4.79 Å². The predicted molar refractivity (Wildman–Crippen MR) is 118 cm³/mol. The van der Waals surface area contributed by atoms with Gasteiger partial charge in [-0.05, 0) is 41.5 Å². The van der Waals surface area contributed by atoms with E-state index in [4.69, 9.17) is 9.47 Å². The molecular formula is C24H21F2NO4S. The van der Waals surface area contributed by atoms with Crippen LogP contribution in [-0.2, 0) is 4.79 Å². The van der Waals surface area contributed by atoms with Gasteiger partial charge < -0.3 is 19.5 Å². The van der Waals surface area contributed by atoms with E-state index in [9.17, 15) is 13.6 Å². The average Bonchev–Trinajstić information content (AvgIpc) is 2.82. The number of alkyl halides is 2. The number of halogens is 2. The van der Waals surface area contributed by atoms with E-state index in [0.29, 0.717) is 24.7 Å². The Bertz CT molecular complexity index is 1050. The van der Waals surface area contributed by atoms with Crippen molar-refractivity contribution in [2.24, 2.45) is 0 Å². The molecule has 32 heavy (non-hydrogen) atoms. The van der Waals surface area contributed by atoms with E-state index in [1.807, 2.05) is 48.5 Å². The number of amides is 1. The van der Waals surface area contributed by atoms with Gasteiger partial charge in [-0.1, -0.05) is 42.5 Å². The Morgan fingerprint density at radius 2 is 1.62 bits per heavy atom. The summed E-state index contributed by atoms with van der Waals surface area (Å²) in [6.07, 6.45) is 0. The zero-order chi connectivity index (χ0) is 22.3. The number of hydrogen-bond donors (Lipinski definition) is 1. The van der Waals surface area contributed by atoms with Crippen molar-refractivity contribution in [2.75, 3.05) is 19.0 Å². The van der Waals surface area contributed by atoms with Crippen molar-refractivity contribution in [1.82, 2.24) is 5.32 Å². The Labute approximate surface area is 188 Å². The van der Waals surface area contributed by atoms with Gasteiger partial charge >= 0.3 is 6.61 Å². The van der Waals surface area contributed by atoms with E-state index in [2.05, 4.69) is 10.1 Å². The summed E-state index contributed by atoms with van der Waals surface area (Å²) in [6, 6.07) is 20.9. The first-order valence-corrected chi connectivity index (χ1v) is 11.0. The van der Waals surface area contributed by atoms with Gasteiger partial charge in [0.2, 0.25) is 5.91 Å². The lowest BCUT2D eigenvalue weighted by molar-refractivity contribution is -0.119. The van der Waals surface area contributed by atoms with Gasteiger partial charge in [-0.2, -0.15) is 8.78 Å². The van der Waals surface area contributed by atoms with E-state index in [-0.39, 0.29) is 17.4 Å². The highest BCUT2D eigenvalue weighted by Gasteiger charge is 2.18. The lowest BCUT2D eigenvalue weighted by Crippen LogP contribution is -2.30. The molecule has 0 radical (unpaired) electrons.